The first-order valence-corrected chi connectivity index (χ1v) is 4.73. The first-order valence-electron chi connectivity index (χ1n) is 4.73. The molecule has 0 saturated carbocycles. The molecule has 0 aromatic rings. The van der Waals surface area contributed by atoms with Crippen LogP contribution in [-0.4, -0.2) is 6.29 Å². The highest BCUT2D eigenvalue weighted by atomic mass is 16.1. The summed E-state index contributed by atoms with van der Waals surface area (Å²) in [5.74, 6) is 0.682. The predicted molar refractivity (Wildman–Crippen MR) is 50.9 cm³/mol. The number of rotatable bonds is 3. The summed E-state index contributed by atoms with van der Waals surface area (Å²) in [6, 6.07) is 0. The molecule has 1 atom stereocenters. The van der Waals surface area contributed by atoms with Gasteiger partial charge in [0.1, 0.15) is 6.29 Å². The van der Waals surface area contributed by atoms with Crippen LogP contribution in [0.3, 0.4) is 0 Å². The fourth-order valence-corrected chi connectivity index (χ4v) is 1.76. The van der Waals surface area contributed by atoms with Crippen molar-refractivity contribution in [2.45, 2.75) is 40.0 Å². The minimum atomic E-state index is 0.346. The summed E-state index contributed by atoms with van der Waals surface area (Å²) in [5.41, 5.74) is 1.68. The molecule has 0 aromatic heterocycles. The molecule has 0 fully saturated rings. The lowest BCUT2D eigenvalue weighted by Crippen LogP contribution is -2.17. The van der Waals surface area contributed by atoms with E-state index in [4.69, 9.17) is 0 Å². The minimum Gasteiger partial charge on any atom is -0.303 e. The lowest BCUT2D eigenvalue weighted by Gasteiger charge is -2.26. The number of allylic oxidation sites excluding steroid dienone is 2. The number of hydrogen-bond donors (Lipinski definition) is 0. The van der Waals surface area contributed by atoms with Crippen LogP contribution >= 0.6 is 0 Å². The number of hydrogen-bond acceptors (Lipinski definition) is 1. The zero-order valence-electron chi connectivity index (χ0n) is 8.26. The van der Waals surface area contributed by atoms with Gasteiger partial charge in [0.15, 0.2) is 0 Å². The quantitative estimate of drug-likeness (QED) is 0.465. The van der Waals surface area contributed by atoms with E-state index in [1.807, 2.05) is 0 Å². The van der Waals surface area contributed by atoms with E-state index in [1.54, 1.807) is 0 Å². The van der Waals surface area contributed by atoms with E-state index in [-0.39, 0.29) is 0 Å². The molecule has 0 radical (unpaired) electrons. The molecule has 0 amide bonds. The minimum absolute atomic E-state index is 0.346. The van der Waals surface area contributed by atoms with E-state index in [2.05, 4.69) is 26.8 Å². The molecule has 0 aromatic carbocycles. The molecule has 0 bridgehead atoms. The molecule has 0 N–H and O–H groups in total. The summed E-state index contributed by atoms with van der Waals surface area (Å²) in [6.45, 7) is 6.79. The van der Waals surface area contributed by atoms with Crippen molar-refractivity contribution in [1.29, 1.82) is 0 Å². The molecule has 12 heavy (non-hydrogen) atoms. The maximum atomic E-state index is 10.3. The Morgan fingerprint density at radius 1 is 1.67 bits per heavy atom. The monoisotopic (exact) mass is 166 g/mol. The molecule has 0 saturated heterocycles. The van der Waals surface area contributed by atoms with Gasteiger partial charge in [-0.25, -0.2) is 0 Å². The van der Waals surface area contributed by atoms with E-state index in [9.17, 15) is 4.79 Å². The Balaban J connectivity index is 2.68. The summed E-state index contributed by atoms with van der Waals surface area (Å²) >= 11 is 0. The average molecular weight is 166 g/mol. The Morgan fingerprint density at radius 2 is 2.33 bits per heavy atom. The first kappa shape index (κ1) is 9.50. The van der Waals surface area contributed by atoms with Gasteiger partial charge >= 0.3 is 0 Å². The summed E-state index contributed by atoms with van der Waals surface area (Å²) in [5, 5.41) is 0. The van der Waals surface area contributed by atoms with Crippen molar-refractivity contribution in [2.24, 2.45) is 11.3 Å². The van der Waals surface area contributed by atoms with Crippen molar-refractivity contribution < 1.29 is 4.79 Å². The van der Waals surface area contributed by atoms with E-state index in [1.165, 1.54) is 12.0 Å². The first-order chi connectivity index (χ1) is 5.58. The second-order valence-corrected chi connectivity index (χ2v) is 4.33. The van der Waals surface area contributed by atoms with Crippen LogP contribution in [0.4, 0.5) is 0 Å². The van der Waals surface area contributed by atoms with Crippen LogP contribution in [0.25, 0.3) is 0 Å². The third kappa shape index (κ3) is 1.77. The molecule has 1 aliphatic carbocycles. The fourth-order valence-electron chi connectivity index (χ4n) is 1.76. The summed E-state index contributed by atoms with van der Waals surface area (Å²) < 4.78 is 0. The molecule has 0 unspecified atom stereocenters. The van der Waals surface area contributed by atoms with Gasteiger partial charge in [-0.3, -0.25) is 0 Å². The molecular weight excluding hydrogens is 148 g/mol. The van der Waals surface area contributed by atoms with Crippen LogP contribution in [0.15, 0.2) is 11.6 Å². The Kier molecular flexibility index (Phi) is 2.71. The Morgan fingerprint density at radius 3 is 2.75 bits per heavy atom. The largest absolute Gasteiger partial charge is 0.303 e. The van der Waals surface area contributed by atoms with E-state index >= 15 is 0 Å². The predicted octanol–water partition coefficient (Wildman–Crippen LogP) is 2.96. The molecule has 68 valence electrons. The van der Waals surface area contributed by atoms with Crippen LogP contribution in [0, 0.1) is 11.3 Å². The van der Waals surface area contributed by atoms with Crippen molar-refractivity contribution in [3.63, 3.8) is 0 Å². The van der Waals surface area contributed by atoms with Crippen molar-refractivity contribution in [3.8, 4) is 0 Å². The van der Waals surface area contributed by atoms with Gasteiger partial charge in [0, 0.05) is 6.42 Å². The lowest BCUT2D eigenvalue weighted by atomic mass is 9.79. The topological polar surface area (TPSA) is 17.1 Å². The Labute approximate surface area is 74.9 Å². The van der Waals surface area contributed by atoms with Gasteiger partial charge in [-0.05, 0) is 24.2 Å². The highest BCUT2D eigenvalue weighted by molar-refractivity contribution is 5.54. The van der Waals surface area contributed by atoms with Crippen LogP contribution in [0.5, 0.6) is 0 Å². The zero-order valence-corrected chi connectivity index (χ0v) is 8.26. The third-order valence-corrected chi connectivity index (χ3v) is 3.18. The normalized spacial score (nSPS) is 29.2. The molecule has 1 rings (SSSR count). The standard InChI is InChI=1S/C11H18O/c1-9(2)11(3)6-4-10(8-11)5-7-12/h7-9H,4-6H2,1-3H3/t11-/m0/s1. The lowest BCUT2D eigenvalue weighted by molar-refractivity contribution is -0.107. The van der Waals surface area contributed by atoms with Crippen molar-refractivity contribution in [3.05, 3.63) is 11.6 Å². The molecule has 1 nitrogen and oxygen atoms in total. The summed E-state index contributed by atoms with van der Waals surface area (Å²) in [7, 11) is 0. The second kappa shape index (κ2) is 3.42. The molecule has 0 aliphatic heterocycles. The molecule has 0 heterocycles. The smallest absolute Gasteiger partial charge is 0.124 e. The SMILES string of the molecule is CC(C)[C@]1(C)C=C(CC=O)CC1. The Bertz CT molecular complexity index is 203. The highest BCUT2D eigenvalue weighted by Gasteiger charge is 2.30. The van der Waals surface area contributed by atoms with Crippen molar-refractivity contribution in [2.75, 3.05) is 0 Å². The number of carbonyl (C=O) groups is 1. The van der Waals surface area contributed by atoms with Crippen LogP contribution < -0.4 is 0 Å². The van der Waals surface area contributed by atoms with Gasteiger partial charge in [-0.2, -0.15) is 0 Å². The van der Waals surface area contributed by atoms with E-state index in [0.717, 1.165) is 12.7 Å². The number of aldehydes is 1. The summed E-state index contributed by atoms with van der Waals surface area (Å²) in [6.07, 6.45) is 6.30. The van der Waals surface area contributed by atoms with Crippen LogP contribution in [0.2, 0.25) is 0 Å². The third-order valence-electron chi connectivity index (χ3n) is 3.18. The second-order valence-electron chi connectivity index (χ2n) is 4.33. The van der Waals surface area contributed by atoms with Gasteiger partial charge in [0.25, 0.3) is 0 Å². The maximum absolute atomic E-state index is 10.3. The number of carbonyl (C=O) groups excluding carboxylic acids is 1. The highest BCUT2D eigenvalue weighted by Crippen LogP contribution is 2.42. The molecule has 1 aliphatic rings. The molecule has 0 spiro atoms. The van der Waals surface area contributed by atoms with E-state index < -0.39 is 0 Å². The fraction of sp³-hybridized carbons (Fsp3) is 0.727. The van der Waals surface area contributed by atoms with Gasteiger partial charge in [-0.1, -0.05) is 32.4 Å². The van der Waals surface area contributed by atoms with Crippen LogP contribution in [-0.2, 0) is 4.79 Å². The average Bonchev–Trinajstić information content (AvgIpc) is 2.34. The maximum Gasteiger partial charge on any atom is 0.124 e. The molecular formula is C11H18O. The van der Waals surface area contributed by atoms with Crippen molar-refractivity contribution >= 4 is 6.29 Å². The zero-order chi connectivity index (χ0) is 9.19. The van der Waals surface area contributed by atoms with Gasteiger partial charge < -0.3 is 4.79 Å². The Hall–Kier alpha value is -0.590. The van der Waals surface area contributed by atoms with Gasteiger partial charge in [0.05, 0.1) is 0 Å². The van der Waals surface area contributed by atoms with Gasteiger partial charge in [0.2, 0.25) is 0 Å². The van der Waals surface area contributed by atoms with Crippen molar-refractivity contribution in [1.82, 2.24) is 0 Å². The van der Waals surface area contributed by atoms with Gasteiger partial charge in [-0.15, -0.1) is 0 Å². The van der Waals surface area contributed by atoms with Crippen LogP contribution in [0.1, 0.15) is 40.0 Å². The van der Waals surface area contributed by atoms with E-state index in [0.29, 0.717) is 17.8 Å². The molecule has 1 heteroatoms. The summed E-state index contributed by atoms with van der Waals surface area (Å²) in [4.78, 5) is 10.3.